The minimum atomic E-state index is 0.494. The van der Waals surface area contributed by atoms with Crippen molar-refractivity contribution in [3.05, 3.63) is 333 Å². The van der Waals surface area contributed by atoms with E-state index in [9.17, 15) is 5.26 Å². The molecule has 20 rings (SSSR count). The topological polar surface area (TPSA) is 56.4 Å². The molecule has 6 aromatic heterocycles. The Hall–Kier alpha value is -12.9. The minimum Gasteiger partial charge on any atom is -0.306 e. The first kappa shape index (κ1) is 54.7. The zero-order valence-corrected chi connectivity index (χ0v) is 53.1. The Labute approximate surface area is 561 Å². The molecule has 0 unspecified atom stereocenters. The molecule has 0 amide bonds. The average molecular weight is 1250 g/mol. The first-order valence-electron chi connectivity index (χ1n) is 32.9. The van der Waals surface area contributed by atoms with Gasteiger partial charge in [0.2, 0.25) is 0 Å². The lowest BCUT2D eigenvalue weighted by Gasteiger charge is -2.30. The molecular weight excluding hydrogens is 1200 g/mol. The third kappa shape index (κ3) is 8.21. The van der Waals surface area contributed by atoms with E-state index < -0.39 is 0 Å². The standard InChI is InChI=1S/C90H54N6S/c91-55-74-86(93-75-37-17-13-31-64(75)68-46-42-60(51-79(68)93)56-23-5-1-6-24-56)88(95-77-39-19-15-33-66(77)70-48-44-62(53-81(70)95)58-27-9-3-10-28-58)85(72-35-21-41-83-84(72)73-36-22-50-92-90(73)97-83)89(96-78-40-20-16-34-67(78)71-49-45-63(54-82(71)96)59-29-11-4-12-30-59)87(74)94-76-38-18-14-32-65(76)69-47-43-61(52-80(69)94)57-25-7-2-8-26-57/h1-54H. The number of hydrogen-bond donors (Lipinski definition) is 0. The monoisotopic (exact) mass is 1250 g/mol. The number of benzene rings is 14. The SMILES string of the molecule is N#Cc1c(-n2c3ccccc3c3ccc(-c4ccccc4)cc32)c(-n2c3ccccc3c3ccc(-c4ccccc4)cc32)c(-c2cccc3sc4ncccc4c23)c(-n2c3ccccc3c3ccc(-c4ccccc4)cc32)c1-n1c2ccccc2c2ccc(-c3ccccc3)cc21. The van der Waals surface area contributed by atoms with E-state index in [0.29, 0.717) is 5.56 Å². The highest BCUT2D eigenvalue weighted by molar-refractivity contribution is 7.25. The van der Waals surface area contributed by atoms with Gasteiger partial charge >= 0.3 is 0 Å². The van der Waals surface area contributed by atoms with Gasteiger partial charge in [0.25, 0.3) is 0 Å². The summed E-state index contributed by atoms with van der Waals surface area (Å²) in [5.41, 5.74) is 22.2. The summed E-state index contributed by atoms with van der Waals surface area (Å²) in [6.45, 7) is 0. The molecule has 0 bridgehead atoms. The predicted molar refractivity (Wildman–Crippen MR) is 406 cm³/mol. The van der Waals surface area contributed by atoms with E-state index in [1.807, 2.05) is 6.20 Å². The summed E-state index contributed by atoms with van der Waals surface area (Å²) in [5.74, 6) is 0. The van der Waals surface area contributed by atoms with Crippen LogP contribution in [0, 0.1) is 11.3 Å². The molecule has 6 heterocycles. The molecule has 7 heteroatoms. The molecule has 0 radical (unpaired) electrons. The van der Waals surface area contributed by atoms with Gasteiger partial charge in [-0.05, 0) is 117 Å². The van der Waals surface area contributed by atoms with Crippen LogP contribution in [0.25, 0.3) is 186 Å². The van der Waals surface area contributed by atoms with Crippen molar-refractivity contribution in [2.75, 3.05) is 0 Å². The normalized spacial score (nSPS) is 11.9. The van der Waals surface area contributed by atoms with Gasteiger partial charge in [0, 0.05) is 70.3 Å². The van der Waals surface area contributed by atoms with E-state index in [2.05, 4.69) is 346 Å². The van der Waals surface area contributed by atoms with Gasteiger partial charge in [-0.3, -0.25) is 0 Å². The third-order valence-corrected chi connectivity index (χ3v) is 21.1. The zero-order valence-electron chi connectivity index (χ0n) is 52.3. The summed E-state index contributed by atoms with van der Waals surface area (Å²) in [5, 5.41) is 24.5. The van der Waals surface area contributed by atoms with Gasteiger partial charge in [0.1, 0.15) is 16.5 Å². The molecule has 14 aromatic carbocycles. The Morgan fingerprint density at radius 3 is 0.948 bits per heavy atom. The van der Waals surface area contributed by atoms with Crippen LogP contribution in [-0.2, 0) is 0 Å². The quantitative estimate of drug-likeness (QED) is 0.145. The number of fused-ring (bicyclic) bond motifs is 15. The first-order valence-corrected chi connectivity index (χ1v) is 33.7. The molecule has 0 saturated heterocycles. The van der Waals surface area contributed by atoms with Crippen molar-refractivity contribution in [2.45, 2.75) is 0 Å². The van der Waals surface area contributed by atoms with Crippen molar-refractivity contribution in [3.63, 3.8) is 0 Å². The lowest BCUT2D eigenvalue weighted by molar-refractivity contribution is 1.04. The van der Waals surface area contributed by atoms with E-state index in [4.69, 9.17) is 4.98 Å². The van der Waals surface area contributed by atoms with Crippen LogP contribution in [0.2, 0.25) is 0 Å². The highest BCUT2D eigenvalue weighted by atomic mass is 32.1. The van der Waals surface area contributed by atoms with E-state index in [0.717, 1.165) is 186 Å². The van der Waals surface area contributed by atoms with Crippen LogP contribution in [0.4, 0.5) is 0 Å². The molecule has 6 nitrogen and oxygen atoms in total. The number of thiophene rings is 1. The third-order valence-electron chi connectivity index (χ3n) is 20.1. The van der Waals surface area contributed by atoms with Gasteiger partial charge in [0.15, 0.2) is 0 Å². The van der Waals surface area contributed by atoms with Crippen molar-refractivity contribution < 1.29 is 0 Å². The van der Waals surface area contributed by atoms with Crippen molar-refractivity contribution >= 4 is 119 Å². The molecule has 20 aromatic rings. The van der Waals surface area contributed by atoms with Gasteiger partial charge in [0.05, 0.1) is 66.9 Å². The van der Waals surface area contributed by atoms with Crippen molar-refractivity contribution in [3.8, 4) is 84.5 Å². The van der Waals surface area contributed by atoms with Gasteiger partial charge in [-0.25, -0.2) is 4.98 Å². The second-order valence-corrected chi connectivity index (χ2v) is 26.2. The van der Waals surface area contributed by atoms with E-state index in [1.54, 1.807) is 11.3 Å². The number of para-hydroxylation sites is 4. The fourth-order valence-corrected chi connectivity index (χ4v) is 17.0. The zero-order chi connectivity index (χ0) is 63.8. The highest BCUT2D eigenvalue weighted by Gasteiger charge is 2.36. The molecule has 450 valence electrons. The Balaban J connectivity index is 1.12. The molecule has 0 spiro atoms. The van der Waals surface area contributed by atoms with Crippen LogP contribution in [-0.4, -0.2) is 23.3 Å². The minimum absolute atomic E-state index is 0.494. The number of rotatable bonds is 9. The lowest BCUT2D eigenvalue weighted by atomic mass is 9.91. The van der Waals surface area contributed by atoms with Crippen LogP contribution in [0.5, 0.6) is 0 Å². The summed E-state index contributed by atoms with van der Waals surface area (Å²) in [4.78, 5) is 6.09. The molecule has 0 saturated carbocycles. The summed E-state index contributed by atoms with van der Waals surface area (Å²) in [6.07, 6.45) is 1.91. The molecule has 0 aliphatic heterocycles. The maximum Gasteiger partial charge on any atom is 0.124 e. The fraction of sp³-hybridized carbons (Fsp3) is 0. The summed E-state index contributed by atoms with van der Waals surface area (Å²) >= 11 is 1.72. The van der Waals surface area contributed by atoms with Crippen LogP contribution >= 0.6 is 11.3 Å². The van der Waals surface area contributed by atoms with Crippen LogP contribution in [0.1, 0.15) is 5.56 Å². The Morgan fingerprint density at radius 1 is 0.268 bits per heavy atom. The second-order valence-electron chi connectivity index (χ2n) is 25.2. The van der Waals surface area contributed by atoms with Crippen LogP contribution < -0.4 is 0 Å². The summed E-state index contributed by atoms with van der Waals surface area (Å²) in [6, 6.07) is 120. The number of pyridine rings is 1. The van der Waals surface area contributed by atoms with E-state index in [1.165, 1.54) is 0 Å². The molecule has 0 atom stereocenters. The van der Waals surface area contributed by atoms with Gasteiger partial charge in [-0.1, -0.05) is 255 Å². The van der Waals surface area contributed by atoms with E-state index >= 15 is 0 Å². The number of aromatic nitrogens is 5. The number of hydrogen-bond acceptors (Lipinski definition) is 3. The fourth-order valence-electron chi connectivity index (χ4n) is 15.9. The molecule has 97 heavy (non-hydrogen) atoms. The lowest BCUT2D eigenvalue weighted by Crippen LogP contribution is -2.16. The largest absolute Gasteiger partial charge is 0.306 e. The maximum atomic E-state index is 13.7. The van der Waals surface area contributed by atoms with Gasteiger partial charge < -0.3 is 18.3 Å². The van der Waals surface area contributed by atoms with Crippen LogP contribution in [0.15, 0.2) is 328 Å². The number of nitrogens with zero attached hydrogens (tertiary/aromatic N) is 6. The number of nitriles is 1. The molecule has 0 aliphatic carbocycles. The molecule has 0 fully saturated rings. The van der Waals surface area contributed by atoms with Crippen molar-refractivity contribution in [2.24, 2.45) is 0 Å². The molecular formula is C90H54N6S. The van der Waals surface area contributed by atoms with Gasteiger partial charge in [-0.2, -0.15) is 5.26 Å². The maximum absolute atomic E-state index is 13.7. The smallest absolute Gasteiger partial charge is 0.124 e. The second kappa shape index (κ2) is 21.6. The summed E-state index contributed by atoms with van der Waals surface area (Å²) in [7, 11) is 0. The average Bonchev–Trinajstić information content (AvgIpc) is 1.56. The molecule has 0 N–H and O–H groups in total. The van der Waals surface area contributed by atoms with Crippen molar-refractivity contribution in [1.82, 2.24) is 23.3 Å². The highest BCUT2D eigenvalue weighted by Crippen LogP contribution is 2.55. The van der Waals surface area contributed by atoms with Gasteiger partial charge in [-0.15, -0.1) is 11.3 Å². The van der Waals surface area contributed by atoms with Crippen molar-refractivity contribution in [1.29, 1.82) is 5.26 Å². The predicted octanol–water partition coefficient (Wildman–Crippen LogP) is 24.0. The summed E-state index contributed by atoms with van der Waals surface area (Å²) < 4.78 is 11.1. The van der Waals surface area contributed by atoms with Crippen LogP contribution in [0.3, 0.4) is 0 Å². The molecule has 0 aliphatic rings. The first-order chi connectivity index (χ1) is 48.1. The Bertz CT molecular complexity index is 6340. The Morgan fingerprint density at radius 2 is 0.588 bits per heavy atom. The Kier molecular flexibility index (Phi) is 12.2. The van der Waals surface area contributed by atoms with E-state index in [-0.39, 0.29) is 0 Å².